The number of carbonyl (C=O) groups excluding carboxylic acids is 1. The van der Waals surface area contributed by atoms with Crippen LogP contribution >= 0.6 is 23.2 Å². The van der Waals surface area contributed by atoms with Gasteiger partial charge < -0.3 is 14.7 Å². The molecule has 7 rings (SSSR count). The second kappa shape index (κ2) is 11.7. The minimum absolute atomic E-state index is 0.0778. The lowest BCUT2D eigenvalue weighted by Gasteiger charge is -2.52. The van der Waals surface area contributed by atoms with E-state index in [4.69, 9.17) is 33.3 Å². The van der Waals surface area contributed by atoms with Crippen LogP contribution in [0.15, 0.2) is 36.7 Å². The van der Waals surface area contributed by atoms with Crippen molar-refractivity contribution in [2.45, 2.75) is 44.7 Å². The zero-order chi connectivity index (χ0) is 33.4. The van der Waals surface area contributed by atoms with Crippen LogP contribution in [-0.2, 0) is 4.79 Å². The Bertz CT molecular complexity index is 2080. The SMILES string of the molecule is Cc1c(Cl)cc2[nH]ncc2c1-c1c(Cl)cc2c(nc(N3CC(C)(N(C)C)C3)c3cnn(C4CCN(C(=O)/C=C/C(F)F)CC4)c32)c1F. The Kier molecular flexibility index (Phi) is 7.88. The van der Waals surface area contributed by atoms with Gasteiger partial charge in [-0.1, -0.05) is 23.2 Å². The predicted octanol–water partition coefficient (Wildman–Crippen LogP) is 7.01. The number of H-pyrrole nitrogens is 1. The molecule has 0 unspecified atom stereocenters. The number of aromatic nitrogens is 5. The van der Waals surface area contributed by atoms with Crippen LogP contribution in [0.3, 0.4) is 0 Å². The van der Waals surface area contributed by atoms with Gasteiger partial charge in [0.1, 0.15) is 11.3 Å². The molecule has 5 aromatic rings. The Morgan fingerprint density at radius 3 is 2.49 bits per heavy atom. The lowest BCUT2D eigenvalue weighted by atomic mass is 9.90. The highest BCUT2D eigenvalue weighted by molar-refractivity contribution is 6.36. The Morgan fingerprint density at radius 2 is 1.81 bits per heavy atom. The molecule has 2 aromatic carbocycles. The zero-order valence-electron chi connectivity index (χ0n) is 26.3. The number of carbonyl (C=O) groups is 1. The fraction of sp³-hybridized carbons (Fsp3) is 0.394. The van der Waals surface area contributed by atoms with Gasteiger partial charge in [0.2, 0.25) is 5.91 Å². The number of amides is 1. The Labute approximate surface area is 278 Å². The molecule has 47 heavy (non-hydrogen) atoms. The van der Waals surface area contributed by atoms with Crippen molar-refractivity contribution in [1.29, 1.82) is 0 Å². The number of likely N-dealkylation sites (N-methyl/N-ethyl adjacent to an activating group) is 1. The average Bonchev–Trinajstić information content (AvgIpc) is 3.67. The molecule has 5 heterocycles. The number of benzene rings is 2. The molecule has 1 amide bonds. The minimum atomic E-state index is -2.69. The first kappa shape index (κ1) is 31.7. The molecule has 0 radical (unpaired) electrons. The van der Waals surface area contributed by atoms with Gasteiger partial charge in [0.05, 0.1) is 45.4 Å². The summed E-state index contributed by atoms with van der Waals surface area (Å²) < 4.78 is 44.3. The summed E-state index contributed by atoms with van der Waals surface area (Å²) >= 11 is 13.6. The molecule has 2 fully saturated rings. The van der Waals surface area contributed by atoms with Gasteiger partial charge in [-0.2, -0.15) is 10.2 Å². The van der Waals surface area contributed by atoms with Crippen molar-refractivity contribution in [3.63, 3.8) is 0 Å². The number of hydrogen-bond acceptors (Lipinski definition) is 6. The highest BCUT2D eigenvalue weighted by Crippen LogP contribution is 2.46. The first-order chi connectivity index (χ1) is 22.4. The Morgan fingerprint density at radius 1 is 1.09 bits per heavy atom. The van der Waals surface area contributed by atoms with E-state index in [2.05, 4.69) is 26.9 Å². The summed E-state index contributed by atoms with van der Waals surface area (Å²) in [4.78, 5) is 23.3. The van der Waals surface area contributed by atoms with Crippen LogP contribution in [0, 0.1) is 12.7 Å². The van der Waals surface area contributed by atoms with Crippen LogP contribution in [-0.4, -0.2) is 92.9 Å². The van der Waals surface area contributed by atoms with Gasteiger partial charge in [-0.05, 0) is 64.6 Å². The quantitative estimate of drug-likeness (QED) is 0.194. The van der Waals surface area contributed by atoms with E-state index in [0.29, 0.717) is 88.9 Å². The molecule has 14 heteroatoms. The van der Waals surface area contributed by atoms with E-state index in [1.807, 2.05) is 25.7 Å². The van der Waals surface area contributed by atoms with Crippen molar-refractivity contribution in [2.24, 2.45) is 0 Å². The van der Waals surface area contributed by atoms with Crippen LogP contribution in [0.25, 0.3) is 43.8 Å². The molecule has 246 valence electrons. The summed E-state index contributed by atoms with van der Waals surface area (Å²) in [5.41, 5.74) is 2.85. The topological polar surface area (TPSA) is 86.2 Å². The van der Waals surface area contributed by atoms with Gasteiger partial charge in [0, 0.05) is 59.2 Å². The van der Waals surface area contributed by atoms with Crippen molar-refractivity contribution in [2.75, 3.05) is 45.2 Å². The minimum Gasteiger partial charge on any atom is -0.352 e. The number of anilines is 1. The fourth-order valence-corrected chi connectivity index (χ4v) is 7.38. The molecule has 3 aromatic heterocycles. The Hall–Kier alpha value is -3.87. The number of halogens is 5. The molecule has 2 aliphatic heterocycles. The highest BCUT2D eigenvalue weighted by Gasteiger charge is 2.42. The number of fused-ring (bicyclic) bond motifs is 4. The summed E-state index contributed by atoms with van der Waals surface area (Å²) in [6.07, 6.45) is 3.32. The molecule has 0 spiro atoms. The molecule has 0 saturated carbocycles. The van der Waals surface area contributed by atoms with E-state index in [1.54, 1.807) is 29.4 Å². The summed E-state index contributed by atoms with van der Waals surface area (Å²) in [6.45, 7) is 6.12. The number of hydrogen-bond donors (Lipinski definition) is 1. The summed E-state index contributed by atoms with van der Waals surface area (Å²) in [7, 11) is 4.08. The normalized spacial score (nSPS) is 17.3. The monoisotopic (exact) mass is 684 g/mol. The second-order valence-electron chi connectivity index (χ2n) is 12.9. The van der Waals surface area contributed by atoms with Crippen molar-refractivity contribution in [3.05, 3.63) is 58.1 Å². The van der Waals surface area contributed by atoms with Crippen molar-refractivity contribution >= 4 is 67.6 Å². The molecular weight excluding hydrogens is 652 g/mol. The third-order valence-corrected chi connectivity index (χ3v) is 10.5. The maximum absolute atomic E-state index is 17.1. The summed E-state index contributed by atoms with van der Waals surface area (Å²) in [6, 6.07) is 3.38. The van der Waals surface area contributed by atoms with Crippen LogP contribution in [0.1, 0.15) is 31.4 Å². The number of nitrogens with zero attached hydrogens (tertiary/aromatic N) is 7. The first-order valence-electron chi connectivity index (χ1n) is 15.4. The average molecular weight is 686 g/mol. The van der Waals surface area contributed by atoms with E-state index >= 15 is 4.39 Å². The first-order valence-corrected chi connectivity index (χ1v) is 16.1. The van der Waals surface area contributed by atoms with E-state index in [1.165, 1.54) is 0 Å². The number of nitrogens with one attached hydrogen (secondary N) is 1. The van der Waals surface area contributed by atoms with E-state index < -0.39 is 18.1 Å². The number of likely N-dealkylation sites (tertiary alicyclic amines) is 1. The van der Waals surface area contributed by atoms with E-state index in [0.717, 1.165) is 11.5 Å². The molecule has 9 nitrogen and oxygen atoms in total. The lowest BCUT2D eigenvalue weighted by Crippen LogP contribution is -2.67. The number of piperidine rings is 1. The fourth-order valence-electron chi connectivity index (χ4n) is 6.89. The van der Waals surface area contributed by atoms with Gasteiger partial charge in [0.25, 0.3) is 6.43 Å². The summed E-state index contributed by atoms with van der Waals surface area (Å²) in [5.74, 6) is -0.387. The van der Waals surface area contributed by atoms with Crippen molar-refractivity contribution < 1.29 is 18.0 Å². The third kappa shape index (κ3) is 5.21. The highest BCUT2D eigenvalue weighted by atomic mass is 35.5. The third-order valence-electron chi connectivity index (χ3n) is 9.84. The smallest absolute Gasteiger partial charge is 0.257 e. The van der Waals surface area contributed by atoms with Crippen molar-refractivity contribution in [1.82, 2.24) is 34.8 Å². The lowest BCUT2D eigenvalue weighted by molar-refractivity contribution is -0.127. The second-order valence-corrected chi connectivity index (χ2v) is 13.7. The van der Waals surface area contributed by atoms with Crippen LogP contribution in [0.4, 0.5) is 19.0 Å². The molecule has 0 aliphatic carbocycles. The number of rotatable bonds is 6. The van der Waals surface area contributed by atoms with Gasteiger partial charge in [-0.25, -0.2) is 18.2 Å². The van der Waals surface area contributed by atoms with Gasteiger partial charge in [-0.3, -0.25) is 14.6 Å². The van der Waals surface area contributed by atoms with Gasteiger partial charge >= 0.3 is 0 Å². The van der Waals surface area contributed by atoms with E-state index in [-0.39, 0.29) is 27.7 Å². The molecule has 2 aliphatic rings. The van der Waals surface area contributed by atoms with Crippen LogP contribution in [0.5, 0.6) is 0 Å². The van der Waals surface area contributed by atoms with Crippen LogP contribution in [0.2, 0.25) is 10.0 Å². The maximum Gasteiger partial charge on any atom is 0.257 e. The number of alkyl halides is 2. The number of aromatic amines is 1. The molecular formula is C33H33Cl2F3N8O. The molecule has 2 saturated heterocycles. The van der Waals surface area contributed by atoms with E-state index in [9.17, 15) is 13.6 Å². The number of allylic oxidation sites excluding steroid dienone is 1. The Balaban J connectivity index is 1.38. The van der Waals surface area contributed by atoms with Crippen molar-refractivity contribution in [3.8, 4) is 11.1 Å². The molecule has 0 atom stereocenters. The van der Waals surface area contributed by atoms with Crippen LogP contribution < -0.4 is 4.90 Å². The standard InChI is InChI=1S/C33H33Cl2F3N8O/c1-17-22(34)12-24-20(13-39-42-24)27(17)28-23(35)11-19-30(29(28)38)41-32(45-15-33(2,16-45)43(3)4)21-14-40-46(31(19)21)18-7-9-44(10-8-18)26(47)6-5-25(36)37/h5-6,11-14,18,25H,7-10,15-16H2,1-4H3,(H,39,42)/b6-5+. The number of pyridine rings is 1. The molecule has 1 N–H and O–H groups in total. The summed E-state index contributed by atoms with van der Waals surface area (Å²) in [5, 5.41) is 14.5. The zero-order valence-corrected chi connectivity index (χ0v) is 27.8. The largest absolute Gasteiger partial charge is 0.352 e. The maximum atomic E-state index is 17.1. The molecule has 0 bridgehead atoms. The van der Waals surface area contributed by atoms with Gasteiger partial charge in [-0.15, -0.1) is 0 Å². The predicted molar refractivity (Wildman–Crippen MR) is 179 cm³/mol. The van der Waals surface area contributed by atoms with Gasteiger partial charge in [0.15, 0.2) is 5.82 Å².